The summed E-state index contributed by atoms with van der Waals surface area (Å²) in [5.41, 5.74) is 1.27. The van der Waals surface area contributed by atoms with Crippen LogP contribution < -0.4 is 9.47 Å². The van der Waals surface area contributed by atoms with Crippen LogP contribution in [0, 0.1) is 0 Å². The van der Waals surface area contributed by atoms with E-state index in [1.54, 1.807) is 42.5 Å². The summed E-state index contributed by atoms with van der Waals surface area (Å²) in [4.78, 5) is 37.8. The molecule has 0 N–H and O–H groups in total. The molecule has 7 nitrogen and oxygen atoms in total. The normalized spacial score (nSPS) is 14.4. The summed E-state index contributed by atoms with van der Waals surface area (Å²) >= 11 is 0. The van der Waals surface area contributed by atoms with Crippen LogP contribution in [0.15, 0.2) is 42.5 Å². The smallest absolute Gasteiger partial charge is 0.338 e. The summed E-state index contributed by atoms with van der Waals surface area (Å²) in [6.07, 6.45) is 1.10. The molecule has 4 rings (SSSR count). The molecule has 0 atom stereocenters. The maximum absolute atomic E-state index is 12.3. The van der Waals surface area contributed by atoms with Crippen LogP contribution in [0.2, 0.25) is 0 Å². The summed E-state index contributed by atoms with van der Waals surface area (Å²) in [7, 11) is 0. The minimum Gasteiger partial charge on any atom is -0.462 e. The third-order valence-corrected chi connectivity index (χ3v) is 4.50. The fraction of sp³-hybridized carbons (Fsp3) is 0.250. The minimum absolute atomic E-state index is 0.144. The van der Waals surface area contributed by atoms with E-state index in [1.807, 2.05) is 0 Å². The van der Waals surface area contributed by atoms with E-state index in [2.05, 4.69) is 0 Å². The Morgan fingerprint density at radius 1 is 0.963 bits per heavy atom. The maximum Gasteiger partial charge on any atom is 0.338 e. The number of unbranched alkanes of at least 4 members (excludes halogenated alkanes) is 1. The van der Waals surface area contributed by atoms with Gasteiger partial charge in [-0.15, -0.1) is 0 Å². The molecule has 2 aliphatic heterocycles. The molecule has 2 aromatic carbocycles. The average molecular weight is 367 g/mol. The van der Waals surface area contributed by atoms with E-state index >= 15 is 0 Å². The summed E-state index contributed by atoms with van der Waals surface area (Å²) < 4.78 is 15.7. The topological polar surface area (TPSA) is 82.1 Å². The lowest BCUT2D eigenvalue weighted by molar-refractivity contribution is 0.0485. The number of amides is 2. The highest BCUT2D eigenvalue weighted by Crippen LogP contribution is 2.32. The first-order valence-corrected chi connectivity index (χ1v) is 8.67. The van der Waals surface area contributed by atoms with Crippen LogP contribution in [0.3, 0.4) is 0 Å². The van der Waals surface area contributed by atoms with E-state index in [1.165, 1.54) is 4.90 Å². The molecule has 27 heavy (non-hydrogen) atoms. The van der Waals surface area contributed by atoms with Crippen LogP contribution >= 0.6 is 0 Å². The first-order chi connectivity index (χ1) is 13.1. The number of rotatable bonds is 6. The van der Waals surface area contributed by atoms with Crippen molar-refractivity contribution in [2.75, 3.05) is 19.9 Å². The van der Waals surface area contributed by atoms with Gasteiger partial charge >= 0.3 is 5.97 Å². The molecule has 0 radical (unpaired) electrons. The molecule has 0 fully saturated rings. The van der Waals surface area contributed by atoms with Crippen LogP contribution in [0.4, 0.5) is 0 Å². The number of esters is 1. The molecule has 0 unspecified atom stereocenters. The monoisotopic (exact) mass is 367 g/mol. The summed E-state index contributed by atoms with van der Waals surface area (Å²) in [5.74, 6) is 0.137. The molecule has 2 amide bonds. The lowest BCUT2D eigenvalue weighted by Crippen LogP contribution is -2.30. The first-order valence-electron chi connectivity index (χ1n) is 8.67. The van der Waals surface area contributed by atoms with Gasteiger partial charge in [-0.05, 0) is 43.2 Å². The highest BCUT2D eigenvalue weighted by molar-refractivity contribution is 6.21. The van der Waals surface area contributed by atoms with Gasteiger partial charge in [-0.2, -0.15) is 0 Å². The molecule has 0 spiro atoms. The number of fused-ring (bicyclic) bond motifs is 2. The predicted molar refractivity (Wildman–Crippen MR) is 93.9 cm³/mol. The van der Waals surface area contributed by atoms with Gasteiger partial charge in [0.2, 0.25) is 6.79 Å². The van der Waals surface area contributed by atoms with Gasteiger partial charge in [0.1, 0.15) is 0 Å². The Bertz CT molecular complexity index is 887. The van der Waals surface area contributed by atoms with E-state index in [9.17, 15) is 14.4 Å². The van der Waals surface area contributed by atoms with Crippen LogP contribution in [-0.2, 0) is 4.74 Å². The quantitative estimate of drug-likeness (QED) is 0.443. The second-order valence-corrected chi connectivity index (χ2v) is 6.22. The predicted octanol–water partition coefficient (Wildman–Crippen LogP) is 2.65. The Morgan fingerprint density at radius 3 is 2.41 bits per heavy atom. The van der Waals surface area contributed by atoms with E-state index in [4.69, 9.17) is 14.2 Å². The van der Waals surface area contributed by atoms with E-state index in [0.29, 0.717) is 47.6 Å². The second-order valence-electron chi connectivity index (χ2n) is 6.22. The molecule has 2 heterocycles. The van der Waals surface area contributed by atoms with Crippen LogP contribution in [0.1, 0.15) is 43.9 Å². The molecule has 2 aromatic rings. The largest absolute Gasteiger partial charge is 0.462 e. The van der Waals surface area contributed by atoms with Gasteiger partial charge in [0.25, 0.3) is 11.8 Å². The van der Waals surface area contributed by atoms with Crippen LogP contribution in [0.25, 0.3) is 0 Å². The van der Waals surface area contributed by atoms with Gasteiger partial charge in [-0.1, -0.05) is 12.1 Å². The lowest BCUT2D eigenvalue weighted by atomic mass is 10.1. The van der Waals surface area contributed by atoms with Crippen molar-refractivity contribution in [2.45, 2.75) is 12.8 Å². The van der Waals surface area contributed by atoms with Crippen molar-refractivity contribution in [3.8, 4) is 11.5 Å². The van der Waals surface area contributed by atoms with Gasteiger partial charge in [-0.3, -0.25) is 14.5 Å². The Kier molecular flexibility index (Phi) is 4.50. The molecule has 138 valence electrons. The van der Waals surface area contributed by atoms with E-state index in [0.717, 1.165) is 0 Å². The average Bonchev–Trinajstić information content (AvgIpc) is 3.25. The van der Waals surface area contributed by atoms with Gasteiger partial charge < -0.3 is 14.2 Å². The Balaban J connectivity index is 1.24. The number of imide groups is 1. The molecule has 0 saturated heterocycles. The highest BCUT2D eigenvalue weighted by Gasteiger charge is 2.34. The van der Waals surface area contributed by atoms with Crippen LogP contribution in [0.5, 0.6) is 11.5 Å². The van der Waals surface area contributed by atoms with E-state index in [-0.39, 0.29) is 25.2 Å². The SMILES string of the molecule is O=C(OCCCCN1C(=O)c2ccccc2C1=O)c1ccc2c(c1)OCO2. The van der Waals surface area contributed by atoms with Gasteiger partial charge in [-0.25, -0.2) is 4.79 Å². The van der Waals surface area contributed by atoms with Crippen molar-refractivity contribution >= 4 is 17.8 Å². The van der Waals surface area contributed by atoms with Crippen molar-refractivity contribution in [3.63, 3.8) is 0 Å². The van der Waals surface area contributed by atoms with Gasteiger partial charge in [0, 0.05) is 6.54 Å². The van der Waals surface area contributed by atoms with Crippen molar-refractivity contribution < 1.29 is 28.6 Å². The zero-order chi connectivity index (χ0) is 18.8. The number of nitrogens with zero attached hydrogens (tertiary/aromatic N) is 1. The standard InChI is InChI=1S/C20H17NO6/c22-18-14-5-1-2-6-15(14)19(23)21(18)9-3-4-10-25-20(24)13-7-8-16-17(11-13)27-12-26-16/h1-2,5-8,11H,3-4,9-10,12H2. The fourth-order valence-corrected chi connectivity index (χ4v) is 3.09. The van der Waals surface area contributed by atoms with Gasteiger partial charge in [0.05, 0.1) is 23.3 Å². The number of hydrogen-bond acceptors (Lipinski definition) is 6. The molecule has 2 aliphatic rings. The third-order valence-electron chi connectivity index (χ3n) is 4.50. The number of ether oxygens (including phenoxy) is 3. The molecule has 0 bridgehead atoms. The number of hydrogen-bond donors (Lipinski definition) is 0. The first kappa shape index (κ1) is 17.1. The molecule has 7 heteroatoms. The molecule has 0 aliphatic carbocycles. The van der Waals surface area contributed by atoms with E-state index < -0.39 is 5.97 Å². The third kappa shape index (κ3) is 3.23. The highest BCUT2D eigenvalue weighted by atomic mass is 16.7. The van der Waals surface area contributed by atoms with Crippen molar-refractivity contribution in [1.82, 2.24) is 4.90 Å². The Morgan fingerprint density at radius 2 is 1.67 bits per heavy atom. The zero-order valence-electron chi connectivity index (χ0n) is 14.5. The van der Waals surface area contributed by atoms with Gasteiger partial charge in [0.15, 0.2) is 11.5 Å². The number of benzene rings is 2. The Hall–Kier alpha value is -3.35. The number of carbonyl (C=O) groups excluding carboxylic acids is 3. The summed E-state index contributed by atoms with van der Waals surface area (Å²) in [6.45, 7) is 0.649. The minimum atomic E-state index is -0.450. The molecular formula is C20H17NO6. The summed E-state index contributed by atoms with van der Waals surface area (Å²) in [6, 6.07) is 11.7. The number of carbonyl (C=O) groups is 3. The van der Waals surface area contributed by atoms with Crippen molar-refractivity contribution in [2.24, 2.45) is 0 Å². The second kappa shape index (κ2) is 7.11. The maximum atomic E-state index is 12.3. The van der Waals surface area contributed by atoms with Crippen molar-refractivity contribution in [1.29, 1.82) is 0 Å². The zero-order valence-corrected chi connectivity index (χ0v) is 14.5. The van der Waals surface area contributed by atoms with Crippen LogP contribution in [-0.4, -0.2) is 42.6 Å². The van der Waals surface area contributed by atoms with Crippen molar-refractivity contribution in [3.05, 3.63) is 59.2 Å². The fourth-order valence-electron chi connectivity index (χ4n) is 3.09. The Labute approximate surface area is 155 Å². The molecule has 0 aromatic heterocycles. The lowest BCUT2D eigenvalue weighted by Gasteiger charge is -2.13. The molecule has 0 saturated carbocycles. The summed E-state index contributed by atoms with van der Waals surface area (Å²) in [5, 5.41) is 0. The molecular weight excluding hydrogens is 350 g/mol.